The fourth-order valence-corrected chi connectivity index (χ4v) is 2.44. The van der Waals surface area contributed by atoms with Crippen LogP contribution in [0.5, 0.6) is 0 Å². The van der Waals surface area contributed by atoms with Gasteiger partial charge < -0.3 is 14.7 Å². The molecule has 1 N–H and O–H groups in total. The molecule has 0 aliphatic carbocycles. The number of piperidine rings is 1. The van der Waals surface area contributed by atoms with Crippen molar-refractivity contribution >= 4 is 0 Å². The molecule has 96 valence electrons. The summed E-state index contributed by atoms with van der Waals surface area (Å²) in [5.41, 5.74) is 1.12. The molecule has 1 aromatic heterocycles. The Bertz CT molecular complexity index is 300. The number of hydrogen-bond donors (Lipinski definition) is 1. The molecule has 0 aromatic carbocycles. The Morgan fingerprint density at radius 3 is 3.24 bits per heavy atom. The number of nitrogens with one attached hydrogen (secondary N) is 1. The number of nitrogens with zero attached hydrogens (tertiary/aromatic N) is 2. The predicted molar refractivity (Wildman–Crippen MR) is 67.7 cm³/mol. The highest BCUT2D eigenvalue weighted by atomic mass is 16.5. The molecule has 1 saturated heterocycles. The lowest BCUT2D eigenvalue weighted by atomic mass is 10.0. The third-order valence-electron chi connectivity index (χ3n) is 3.55. The molecular weight excluding hydrogens is 214 g/mol. The summed E-state index contributed by atoms with van der Waals surface area (Å²) in [5.74, 6) is 0. The van der Waals surface area contributed by atoms with Crippen molar-refractivity contribution in [3.05, 3.63) is 18.0 Å². The molecule has 17 heavy (non-hydrogen) atoms. The van der Waals surface area contributed by atoms with Crippen LogP contribution in [0.4, 0.5) is 0 Å². The molecule has 2 rings (SSSR count). The Morgan fingerprint density at radius 1 is 1.53 bits per heavy atom. The maximum absolute atomic E-state index is 4.78. The van der Waals surface area contributed by atoms with Gasteiger partial charge in [-0.15, -0.1) is 0 Å². The molecule has 1 aliphatic rings. The minimum absolute atomic E-state index is 0.779. The van der Waals surface area contributed by atoms with Gasteiger partial charge in [-0.1, -0.05) is 11.6 Å². The Labute approximate surface area is 103 Å². The van der Waals surface area contributed by atoms with Gasteiger partial charge in [-0.25, -0.2) is 0 Å². The Balaban J connectivity index is 1.53. The lowest BCUT2D eigenvalue weighted by Crippen LogP contribution is -2.38. The van der Waals surface area contributed by atoms with Crippen molar-refractivity contribution in [1.82, 2.24) is 15.4 Å². The van der Waals surface area contributed by atoms with E-state index in [1.807, 2.05) is 0 Å². The van der Waals surface area contributed by atoms with Gasteiger partial charge in [-0.2, -0.15) is 0 Å². The predicted octanol–water partition coefficient (Wildman–Crippen LogP) is 2.03. The van der Waals surface area contributed by atoms with Crippen LogP contribution in [-0.4, -0.2) is 35.7 Å². The summed E-state index contributed by atoms with van der Waals surface area (Å²) in [7, 11) is 0. The van der Waals surface area contributed by atoms with Crippen LogP contribution in [0.2, 0.25) is 0 Å². The molecular formula is C13H23N3O. The summed E-state index contributed by atoms with van der Waals surface area (Å²) < 4.78 is 4.78. The van der Waals surface area contributed by atoms with Crippen LogP contribution in [0.1, 0.15) is 38.2 Å². The average Bonchev–Trinajstić information content (AvgIpc) is 2.84. The molecule has 0 amide bonds. The Hall–Kier alpha value is -0.870. The zero-order valence-electron chi connectivity index (χ0n) is 10.7. The van der Waals surface area contributed by atoms with Crippen LogP contribution in [0.25, 0.3) is 0 Å². The number of rotatable bonds is 6. The highest BCUT2D eigenvalue weighted by Crippen LogP contribution is 2.15. The van der Waals surface area contributed by atoms with Crippen LogP contribution in [0.3, 0.4) is 0 Å². The van der Waals surface area contributed by atoms with E-state index in [0.29, 0.717) is 0 Å². The molecule has 1 atom stereocenters. The van der Waals surface area contributed by atoms with Crippen LogP contribution in [-0.2, 0) is 6.54 Å². The minimum atomic E-state index is 0.779. The summed E-state index contributed by atoms with van der Waals surface area (Å²) in [6, 6.07) is 0.779. The largest absolute Gasteiger partial charge is 0.364 e. The standard InChI is InChI=1S/C13H23N3O/c1-12-5-2-3-7-16(12)8-4-6-14-9-13-10-15-17-11-13/h10-12,14H,2-9H2,1H3. The Morgan fingerprint density at radius 2 is 2.47 bits per heavy atom. The Kier molecular flexibility index (Phi) is 5.01. The van der Waals surface area contributed by atoms with Crippen LogP contribution in [0, 0.1) is 0 Å². The van der Waals surface area contributed by atoms with Gasteiger partial charge in [-0.05, 0) is 45.8 Å². The summed E-state index contributed by atoms with van der Waals surface area (Å²) in [4.78, 5) is 2.62. The van der Waals surface area contributed by atoms with E-state index in [1.165, 1.54) is 38.8 Å². The van der Waals surface area contributed by atoms with Crippen molar-refractivity contribution in [2.24, 2.45) is 0 Å². The second kappa shape index (κ2) is 6.77. The van der Waals surface area contributed by atoms with Crippen molar-refractivity contribution in [3.63, 3.8) is 0 Å². The van der Waals surface area contributed by atoms with E-state index >= 15 is 0 Å². The molecule has 0 spiro atoms. The topological polar surface area (TPSA) is 41.3 Å². The van der Waals surface area contributed by atoms with Gasteiger partial charge in [0.2, 0.25) is 0 Å². The molecule has 1 fully saturated rings. The third kappa shape index (κ3) is 4.13. The van der Waals surface area contributed by atoms with Gasteiger partial charge in [-0.3, -0.25) is 0 Å². The number of hydrogen-bond acceptors (Lipinski definition) is 4. The molecule has 1 aromatic rings. The molecule has 1 aliphatic heterocycles. The third-order valence-corrected chi connectivity index (χ3v) is 3.55. The quantitative estimate of drug-likeness (QED) is 0.769. The van der Waals surface area contributed by atoms with E-state index < -0.39 is 0 Å². The minimum Gasteiger partial charge on any atom is -0.364 e. The van der Waals surface area contributed by atoms with Gasteiger partial charge in [0, 0.05) is 18.2 Å². The van der Waals surface area contributed by atoms with E-state index in [-0.39, 0.29) is 0 Å². The highest BCUT2D eigenvalue weighted by molar-refractivity contribution is 4.98. The zero-order valence-corrected chi connectivity index (χ0v) is 10.7. The second-order valence-electron chi connectivity index (χ2n) is 4.94. The van der Waals surface area contributed by atoms with Gasteiger partial charge in [0.1, 0.15) is 6.26 Å². The molecule has 0 saturated carbocycles. The number of aromatic nitrogens is 1. The summed E-state index contributed by atoms with van der Waals surface area (Å²) in [6.07, 6.45) is 8.82. The number of likely N-dealkylation sites (tertiary alicyclic amines) is 1. The molecule has 0 radical (unpaired) electrons. The summed E-state index contributed by atoms with van der Waals surface area (Å²) >= 11 is 0. The maximum Gasteiger partial charge on any atom is 0.128 e. The van der Waals surface area contributed by atoms with Gasteiger partial charge in [0.15, 0.2) is 0 Å². The second-order valence-corrected chi connectivity index (χ2v) is 4.94. The van der Waals surface area contributed by atoms with Crippen molar-refractivity contribution in [2.45, 2.75) is 45.2 Å². The van der Waals surface area contributed by atoms with Gasteiger partial charge in [0.05, 0.1) is 6.20 Å². The van der Waals surface area contributed by atoms with E-state index in [2.05, 4.69) is 22.3 Å². The monoisotopic (exact) mass is 237 g/mol. The van der Waals surface area contributed by atoms with Crippen LogP contribution < -0.4 is 5.32 Å². The van der Waals surface area contributed by atoms with E-state index in [1.54, 1.807) is 12.5 Å². The normalized spacial score (nSPS) is 21.8. The summed E-state index contributed by atoms with van der Waals surface area (Å²) in [5, 5.41) is 7.10. The van der Waals surface area contributed by atoms with Crippen molar-refractivity contribution < 1.29 is 4.52 Å². The molecule has 1 unspecified atom stereocenters. The molecule has 0 bridgehead atoms. The van der Waals surface area contributed by atoms with E-state index in [0.717, 1.165) is 24.7 Å². The lowest BCUT2D eigenvalue weighted by molar-refractivity contribution is 0.159. The van der Waals surface area contributed by atoms with E-state index in [4.69, 9.17) is 4.52 Å². The van der Waals surface area contributed by atoms with E-state index in [9.17, 15) is 0 Å². The first-order valence-electron chi connectivity index (χ1n) is 6.69. The molecule has 2 heterocycles. The fourth-order valence-electron chi connectivity index (χ4n) is 2.44. The van der Waals surface area contributed by atoms with Gasteiger partial charge in [0.25, 0.3) is 0 Å². The highest BCUT2D eigenvalue weighted by Gasteiger charge is 2.16. The molecule has 4 nitrogen and oxygen atoms in total. The SMILES string of the molecule is CC1CCCCN1CCCNCc1cnoc1. The lowest BCUT2D eigenvalue weighted by Gasteiger charge is -2.33. The fraction of sp³-hybridized carbons (Fsp3) is 0.769. The molecule has 4 heteroatoms. The first-order valence-corrected chi connectivity index (χ1v) is 6.69. The first kappa shape index (κ1) is 12.6. The van der Waals surface area contributed by atoms with Crippen molar-refractivity contribution in [3.8, 4) is 0 Å². The van der Waals surface area contributed by atoms with Crippen LogP contribution in [0.15, 0.2) is 17.0 Å². The van der Waals surface area contributed by atoms with Crippen molar-refractivity contribution in [1.29, 1.82) is 0 Å². The van der Waals surface area contributed by atoms with Gasteiger partial charge >= 0.3 is 0 Å². The maximum atomic E-state index is 4.78. The smallest absolute Gasteiger partial charge is 0.128 e. The first-order chi connectivity index (χ1) is 8.36. The zero-order chi connectivity index (χ0) is 11.9. The van der Waals surface area contributed by atoms with Crippen LogP contribution >= 0.6 is 0 Å². The summed E-state index contributed by atoms with van der Waals surface area (Å²) in [6.45, 7) is 6.78. The average molecular weight is 237 g/mol. The van der Waals surface area contributed by atoms with Crippen molar-refractivity contribution in [2.75, 3.05) is 19.6 Å².